The third-order valence-electron chi connectivity index (χ3n) is 3.58. The largest absolute Gasteiger partial charge is 0.350 e. The zero-order chi connectivity index (χ0) is 12.5. The van der Waals surface area contributed by atoms with Crippen LogP contribution in [0.4, 0.5) is 0 Å². The van der Waals surface area contributed by atoms with E-state index in [1.165, 1.54) is 12.0 Å². The minimum atomic E-state index is -0.158. The minimum absolute atomic E-state index is 0.0146. The molecule has 1 amide bonds. The van der Waals surface area contributed by atoms with E-state index >= 15 is 0 Å². The molecule has 0 unspecified atom stereocenters. The molecule has 3 nitrogen and oxygen atoms in total. The first kappa shape index (κ1) is 12.1. The molecule has 1 saturated carbocycles. The van der Waals surface area contributed by atoms with Crippen molar-refractivity contribution in [2.45, 2.75) is 38.6 Å². The molecule has 1 aromatic carbocycles. The number of amides is 1. The summed E-state index contributed by atoms with van der Waals surface area (Å²) in [6, 6.07) is 5.86. The van der Waals surface area contributed by atoms with Crippen LogP contribution in [0.1, 0.15) is 40.7 Å². The molecule has 0 bridgehead atoms. The Kier molecular flexibility index (Phi) is 3.20. The second kappa shape index (κ2) is 4.49. The predicted octanol–water partition coefficient (Wildman–Crippen LogP) is 1.91. The lowest BCUT2D eigenvalue weighted by Crippen LogP contribution is -2.54. The quantitative estimate of drug-likeness (QED) is 0.836. The van der Waals surface area contributed by atoms with Crippen molar-refractivity contribution in [3.8, 4) is 0 Å². The number of hydrogen-bond donors (Lipinski definition) is 2. The van der Waals surface area contributed by atoms with Gasteiger partial charge < -0.3 is 11.1 Å². The van der Waals surface area contributed by atoms with E-state index in [1.807, 2.05) is 32.0 Å². The van der Waals surface area contributed by atoms with E-state index < -0.39 is 0 Å². The van der Waals surface area contributed by atoms with Gasteiger partial charge in [-0.05, 0) is 44.7 Å². The van der Waals surface area contributed by atoms with Crippen molar-refractivity contribution in [2.75, 3.05) is 6.54 Å². The summed E-state index contributed by atoms with van der Waals surface area (Å²) in [5.41, 5.74) is 8.86. The summed E-state index contributed by atoms with van der Waals surface area (Å²) < 4.78 is 0. The normalized spacial score (nSPS) is 17.4. The van der Waals surface area contributed by atoms with Gasteiger partial charge in [0.25, 0.3) is 5.91 Å². The molecule has 1 aliphatic carbocycles. The Morgan fingerprint density at radius 1 is 1.41 bits per heavy atom. The molecule has 1 fully saturated rings. The second-order valence-corrected chi connectivity index (χ2v) is 5.22. The van der Waals surface area contributed by atoms with Crippen LogP contribution in [0.3, 0.4) is 0 Å². The number of rotatable bonds is 3. The van der Waals surface area contributed by atoms with Gasteiger partial charge >= 0.3 is 0 Å². The summed E-state index contributed by atoms with van der Waals surface area (Å²) in [5.74, 6) is -0.0146. The van der Waals surface area contributed by atoms with Crippen molar-refractivity contribution < 1.29 is 4.79 Å². The Morgan fingerprint density at radius 3 is 2.65 bits per heavy atom. The SMILES string of the molecule is Cc1ccc(C(=O)NCC2(N)CCC2)c(C)c1. The van der Waals surface area contributed by atoms with E-state index in [2.05, 4.69) is 5.32 Å². The van der Waals surface area contributed by atoms with Gasteiger partial charge in [-0.3, -0.25) is 4.79 Å². The monoisotopic (exact) mass is 232 g/mol. The number of carbonyl (C=O) groups is 1. The highest BCUT2D eigenvalue weighted by atomic mass is 16.1. The van der Waals surface area contributed by atoms with E-state index in [-0.39, 0.29) is 11.4 Å². The summed E-state index contributed by atoms with van der Waals surface area (Å²) in [4.78, 5) is 12.0. The maximum Gasteiger partial charge on any atom is 0.251 e. The Hall–Kier alpha value is -1.35. The van der Waals surface area contributed by atoms with Gasteiger partial charge in [0.05, 0.1) is 0 Å². The van der Waals surface area contributed by atoms with Crippen LogP contribution in [0, 0.1) is 13.8 Å². The zero-order valence-electron chi connectivity index (χ0n) is 10.5. The second-order valence-electron chi connectivity index (χ2n) is 5.22. The number of nitrogens with one attached hydrogen (secondary N) is 1. The maximum atomic E-state index is 12.0. The van der Waals surface area contributed by atoms with Crippen LogP contribution < -0.4 is 11.1 Å². The summed E-state index contributed by atoms with van der Waals surface area (Å²) >= 11 is 0. The van der Waals surface area contributed by atoms with Crippen molar-refractivity contribution in [3.05, 3.63) is 34.9 Å². The minimum Gasteiger partial charge on any atom is -0.350 e. The van der Waals surface area contributed by atoms with Crippen LogP contribution in [0.2, 0.25) is 0 Å². The molecule has 0 atom stereocenters. The van der Waals surface area contributed by atoms with Gasteiger partial charge in [-0.25, -0.2) is 0 Å². The van der Waals surface area contributed by atoms with Gasteiger partial charge in [0.15, 0.2) is 0 Å². The standard InChI is InChI=1S/C14H20N2O/c1-10-4-5-12(11(2)8-10)13(17)16-9-14(15)6-3-7-14/h4-5,8H,3,6-7,9,15H2,1-2H3,(H,16,17). The molecule has 0 aliphatic heterocycles. The van der Waals surface area contributed by atoms with Crippen LogP contribution in [0.5, 0.6) is 0 Å². The molecule has 3 heteroatoms. The lowest BCUT2D eigenvalue weighted by atomic mass is 9.78. The maximum absolute atomic E-state index is 12.0. The number of aryl methyl sites for hydroxylation is 2. The van der Waals surface area contributed by atoms with Crippen molar-refractivity contribution in [1.82, 2.24) is 5.32 Å². The lowest BCUT2D eigenvalue weighted by molar-refractivity contribution is 0.0929. The molecule has 3 N–H and O–H groups in total. The highest BCUT2D eigenvalue weighted by molar-refractivity contribution is 5.95. The number of hydrogen-bond acceptors (Lipinski definition) is 2. The molecule has 1 aromatic rings. The molecule has 92 valence electrons. The Labute approximate surface area is 102 Å². The highest BCUT2D eigenvalue weighted by Crippen LogP contribution is 2.28. The van der Waals surface area contributed by atoms with Crippen molar-refractivity contribution >= 4 is 5.91 Å². The molecule has 0 saturated heterocycles. The highest BCUT2D eigenvalue weighted by Gasteiger charge is 2.32. The molecular formula is C14H20N2O. The Morgan fingerprint density at radius 2 is 2.12 bits per heavy atom. The third kappa shape index (κ3) is 2.67. The summed E-state index contributed by atoms with van der Waals surface area (Å²) in [5, 5.41) is 2.94. The van der Waals surface area contributed by atoms with Crippen LogP contribution in [0.25, 0.3) is 0 Å². The molecule has 0 radical (unpaired) electrons. The van der Waals surface area contributed by atoms with Crippen LogP contribution >= 0.6 is 0 Å². The fourth-order valence-electron chi connectivity index (χ4n) is 2.23. The smallest absolute Gasteiger partial charge is 0.251 e. The van der Waals surface area contributed by atoms with Gasteiger partial charge in [0.1, 0.15) is 0 Å². The molecule has 1 aliphatic rings. The first-order valence-corrected chi connectivity index (χ1v) is 6.15. The van der Waals surface area contributed by atoms with E-state index in [0.29, 0.717) is 6.54 Å². The summed E-state index contributed by atoms with van der Waals surface area (Å²) in [6.45, 7) is 4.57. The number of benzene rings is 1. The van der Waals surface area contributed by atoms with E-state index in [4.69, 9.17) is 5.73 Å². The Bertz CT molecular complexity index is 436. The van der Waals surface area contributed by atoms with E-state index in [0.717, 1.165) is 24.0 Å². The van der Waals surface area contributed by atoms with Gasteiger partial charge in [-0.15, -0.1) is 0 Å². The molecule has 17 heavy (non-hydrogen) atoms. The summed E-state index contributed by atoms with van der Waals surface area (Å²) in [7, 11) is 0. The average Bonchev–Trinajstić information content (AvgIpc) is 2.23. The number of nitrogens with two attached hydrogens (primary N) is 1. The molecule has 0 heterocycles. The van der Waals surface area contributed by atoms with Gasteiger partial charge in [0, 0.05) is 17.6 Å². The average molecular weight is 232 g/mol. The molecular weight excluding hydrogens is 212 g/mol. The zero-order valence-corrected chi connectivity index (χ0v) is 10.5. The summed E-state index contributed by atoms with van der Waals surface area (Å²) in [6.07, 6.45) is 3.20. The number of carbonyl (C=O) groups excluding carboxylic acids is 1. The van der Waals surface area contributed by atoms with Gasteiger partial charge in [-0.1, -0.05) is 17.7 Å². The van der Waals surface area contributed by atoms with Crippen LogP contribution in [0.15, 0.2) is 18.2 Å². The first-order valence-electron chi connectivity index (χ1n) is 6.15. The van der Waals surface area contributed by atoms with Crippen LogP contribution in [-0.4, -0.2) is 18.0 Å². The van der Waals surface area contributed by atoms with Crippen molar-refractivity contribution in [2.24, 2.45) is 5.73 Å². The molecule has 0 aromatic heterocycles. The predicted molar refractivity (Wildman–Crippen MR) is 69.0 cm³/mol. The first-order chi connectivity index (χ1) is 8.00. The fourth-order valence-corrected chi connectivity index (χ4v) is 2.23. The topological polar surface area (TPSA) is 55.1 Å². The van der Waals surface area contributed by atoms with Crippen molar-refractivity contribution in [1.29, 1.82) is 0 Å². The van der Waals surface area contributed by atoms with Gasteiger partial charge in [-0.2, -0.15) is 0 Å². The van der Waals surface area contributed by atoms with Crippen LogP contribution in [-0.2, 0) is 0 Å². The Balaban J connectivity index is 1.99. The van der Waals surface area contributed by atoms with E-state index in [1.54, 1.807) is 0 Å². The van der Waals surface area contributed by atoms with E-state index in [9.17, 15) is 4.79 Å². The lowest BCUT2D eigenvalue weighted by Gasteiger charge is -2.38. The molecule has 2 rings (SSSR count). The fraction of sp³-hybridized carbons (Fsp3) is 0.500. The van der Waals surface area contributed by atoms with Gasteiger partial charge in [0.2, 0.25) is 0 Å². The molecule has 0 spiro atoms. The third-order valence-corrected chi connectivity index (χ3v) is 3.58. The van der Waals surface area contributed by atoms with Crippen molar-refractivity contribution in [3.63, 3.8) is 0 Å².